The zero-order valence-electron chi connectivity index (χ0n) is 10.9. The number of pyridine rings is 1. The summed E-state index contributed by atoms with van der Waals surface area (Å²) in [6.45, 7) is 2.10. The second-order valence-electron chi connectivity index (χ2n) is 4.65. The van der Waals surface area contributed by atoms with E-state index in [9.17, 15) is 0 Å². The lowest BCUT2D eigenvalue weighted by molar-refractivity contribution is 0.631. The van der Waals surface area contributed by atoms with Gasteiger partial charge in [0.25, 0.3) is 0 Å². The standard InChI is InChI=1S/C14H17N5/c1-2-11(15)9-12-14(18-8-6-16-10-18)17-13-5-3-4-7-19(12)13/h3-8,10-11H,2,9,15H2,1H3. The summed E-state index contributed by atoms with van der Waals surface area (Å²) in [7, 11) is 0. The third kappa shape index (κ3) is 2.13. The van der Waals surface area contributed by atoms with E-state index in [1.807, 2.05) is 35.2 Å². The molecule has 0 aliphatic carbocycles. The van der Waals surface area contributed by atoms with Gasteiger partial charge in [-0.2, -0.15) is 0 Å². The Morgan fingerprint density at radius 3 is 2.95 bits per heavy atom. The number of aromatic nitrogens is 4. The molecule has 0 spiro atoms. The lowest BCUT2D eigenvalue weighted by atomic mass is 10.1. The minimum Gasteiger partial charge on any atom is -0.327 e. The highest BCUT2D eigenvalue weighted by Crippen LogP contribution is 2.18. The third-order valence-corrected chi connectivity index (χ3v) is 3.34. The van der Waals surface area contributed by atoms with Crippen LogP contribution in [0.1, 0.15) is 19.0 Å². The van der Waals surface area contributed by atoms with Crippen molar-refractivity contribution in [1.82, 2.24) is 18.9 Å². The van der Waals surface area contributed by atoms with Crippen LogP contribution in [0.2, 0.25) is 0 Å². The van der Waals surface area contributed by atoms with E-state index < -0.39 is 0 Å². The highest BCUT2D eigenvalue weighted by Gasteiger charge is 2.15. The van der Waals surface area contributed by atoms with Gasteiger partial charge in [0.2, 0.25) is 0 Å². The Labute approximate surface area is 111 Å². The summed E-state index contributed by atoms with van der Waals surface area (Å²) in [4.78, 5) is 8.76. The van der Waals surface area contributed by atoms with Crippen LogP contribution in [0.25, 0.3) is 11.5 Å². The number of nitrogens with zero attached hydrogens (tertiary/aromatic N) is 4. The Morgan fingerprint density at radius 1 is 1.32 bits per heavy atom. The average Bonchev–Trinajstić information content (AvgIpc) is 3.06. The molecule has 3 heterocycles. The zero-order valence-corrected chi connectivity index (χ0v) is 10.9. The minimum absolute atomic E-state index is 0.141. The molecule has 98 valence electrons. The number of nitrogens with two attached hydrogens (primary N) is 1. The van der Waals surface area contributed by atoms with Crippen LogP contribution in [-0.4, -0.2) is 25.0 Å². The summed E-state index contributed by atoms with van der Waals surface area (Å²) in [6.07, 6.45) is 9.21. The van der Waals surface area contributed by atoms with Crippen molar-refractivity contribution >= 4 is 5.65 Å². The molecule has 0 fully saturated rings. The lowest BCUT2D eigenvalue weighted by Crippen LogP contribution is -2.23. The number of hydrogen-bond acceptors (Lipinski definition) is 3. The molecule has 19 heavy (non-hydrogen) atoms. The SMILES string of the molecule is CCC(N)Cc1c(-n2ccnc2)nc2ccccn12. The quantitative estimate of drug-likeness (QED) is 0.773. The fourth-order valence-electron chi connectivity index (χ4n) is 2.21. The molecule has 0 saturated carbocycles. The van der Waals surface area contributed by atoms with Gasteiger partial charge in [-0.1, -0.05) is 13.0 Å². The average molecular weight is 255 g/mol. The molecule has 0 aromatic carbocycles. The minimum atomic E-state index is 0.141. The number of rotatable bonds is 4. The van der Waals surface area contributed by atoms with Crippen molar-refractivity contribution in [2.45, 2.75) is 25.8 Å². The fourth-order valence-corrected chi connectivity index (χ4v) is 2.21. The first kappa shape index (κ1) is 11.9. The molecule has 0 aliphatic rings. The van der Waals surface area contributed by atoms with Crippen LogP contribution in [-0.2, 0) is 6.42 Å². The molecule has 3 aromatic heterocycles. The van der Waals surface area contributed by atoms with Gasteiger partial charge in [-0.25, -0.2) is 9.97 Å². The van der Waals surface area contributed by atoms with Gasteiger partial charge < -0.3 is 10.1 Å². The van der Waals surface area contributed by atoms with Crippen molar-refractivity contribution in [3.63, 3.8) is 0 Å². The Balaban J connectivity index is 2.17. The third-order valence-electron chi connectivity index (χ3n) is 3.34. The van der Waals surface area contributed by atoms with E-state index in [1.165, 1.54) is 0 Å². The molecular weight excluding hydrogens is 238 g/mol. The molecule has 2 N–H and O–H groups in total. The van der Waals surface area contributed by atoms with Gasteiger partial charge in [-0.15, -0.1) is 0 Å². The molecular formula is C14H17N5. The number of fused-ring (bicyclic) bond motifs is 1. The van der Waals surface area contributed by atoms with Gasteiger partial charge in [0.15, 0.2) is 5.82 Å². The molecule has 5 heteroatoms. The number of imidazole rings is 2. The molecule has 0 saturated heterocycles. The molecule has 5 nitrogen and oxygen atoms in total. The van der Waals surface area contributed by atoms with E-state index in [0.717, 1.165) is 30.0 Å². The highest BCUT2D eigenvalue weighted by atomic mass is 15.2. The molecule has 1 atom stereocenters. The van der Waals surface area contributed by atoms with Crippen molar-refractivity contribution < 1.29 is 0 Å². The first-order valence-corrected chi connectivity index (χ1v) is 6.49. The van der Waals surface area contributed by atoms with Gasteiger partial charge >= 0.3 is 0 Å². The van der Waals surface area contributed by atoms with Crippen LogP contribution in [0, 0.1) is 0 Å². The van der Waals surface area contributed by atoms with E-state index in [-0.39, 0.29) is 6.04 Å². The smallest absolute Gasteiger partial charge is 0.160 e. The Morgan fingerprint density at radius 2 is 2.21 bits per heavy atom. The molecule has 3 rings (SSSR count). The van der Waals surface area contributed by atoms with Gasteiger partial charge in [0.05, 0.1) is 5.69 Å². The maximum absolute atomic E-state index is 6.11. The zero-order chi connectivity index (χ0) is 13.2. The van der Waals surface area contributed by atoms with Crippen LogP contribution in [0.4, 0.5) is 0 Å². The summed E-state index contributed by atoms with van der Waals surface area (Å²) >= 11 is 0. The van der Waals surface area contributed by atoms with Gasteiger partial charge in [0, 0.05) is 31.1 Å². The van der Waals surface area contributed by atoms with E-state index in [0.29, 0.717) is 0 Å². The second kappa shape index (κ2) is 4.85. The van der Waals surface area contributed by atoms with Gasteiger partial charge in [-0.3, -0.25) is 4.57 Å². The lowest BCUT2D eigenvalue weighted by Gasteiger charge is -2.10. The molecule has 3 aromatic rings. The monoisotopic (exact) mass is 255 g/mol. The predicted molar refractivity (Wildman–Crippen MR) is 74.3 cm³/mol. The molecule has 0 aliphatic heterocycles. The van der Waals surface area contributed by atoms with E-state index in [1.54, 1.807) is 12.5 Å². The van der Waals surface area contributed by atoms with Gasteiger partial charge in [-0.05, 0) is 18.6 Å². The summed E-state index contributed by atoms with van der Waals surface area (Å²) in [5.41, 5.74) is 8.17. The van der Waals surface area contributed by atoms with E-state index in [4.69, 9.17) is 5.73 Å². The van der Waals surface area contributed by atoms with Crippen molar-refractivity contribution in [1.29, 1.82) is 0 Å². The largest absolute Gasteiger partial charge is 0.327 e. The predicted octanol–water partition coefficient (Wildman–Crippen LogP) is 1.80. The number of hydrogen-bond donors (Lipinski definition) is 1. The van der Waals surface area contributed by atoms with E-state index >= 15 is 0 Å². The van der Waals surface area contributed by atoms with Crippen molar-refractivity contribution in [2.24, 2.45) is 5.73 Å². The Kier molecular flexibility index (Phi) is 3.05. The molecule has 0 amide bonds. The van der Waals surface area contributed by atoms with Crippen molar-refractivity contribution in [3.05, 3.63) is 48.8 Å². The van der Waals surface area contributed by atoms with Crippen LogP contribution in [0.15, 0.2) is 43.1 Å². The molecule has 1 unspecified atom stereocenters. The second-order valence-corrected chi connectivity index (χ2v) is 4.65. The molecule has 0 radical (unpaired) electrons. The summed E-state index contributed by atoms with van der Waals surface area (Å²) in [5.74, 6) is 0.910. The first-order chi connectivity index (χ1) is 9.29. The highest BCUT2D eigenvalue weighted by molar-refractivity contribution is 5.49. The van der Waals surface area contributed by atoms with Crippen LogP contribution in [0.3, 0.4) is 0 Å². The summed E-state index contributed by atoms with van der Waals surface area (Å²) < 4.78 is 4.04. The van der Waals surface area contributed by atoms with Crippen LogP contribution < -0.4 is 5.73 Å². The molecule has 0 bridgehead atoms. The topological polar surface area (TPSA) is 61.1 Å². The summed E-state index contributed by atoms with van der Waals surface area (Å²) in [6, 6.07) is 6.14. The van der Waals surface area contributed by atoms with Gasteiger partial charge in [0.1, 0.15) is 12.0 Å². The maximum Gasteiger partial charge on any atom is 0.160 e. The van der Waals surface area contributed by atoms with Crippen molar-refractivity contribution in [2.75, 3.05) is 0 Å². The van der Waals surface area contributed by atoms with Crippen LogP contribution in [0.5, 0.6) is 0 Å². The normalized spacial score (nSPS) is 12.9. The maximum atomic E-state index is 6.11. The first-order valence-electron chi connectivity index (χ1n) is 6.49. The summed E-state index contributed by atoms with van der Waals surface area (Å²) in [5, 5.41) is 0. The van der Waals surface area contributed by atoms with Crippen molar-refractivity contribution in [3.8, 4) is 5.82 Å². The fraction of sp³-hybridized carbons (Fsp3) is 0.286. The Hall–Kier alpha value is -2.14. The van der Waals surface area contributed by atoms with E-state index in [2.05, 4.69) is 21.3 Å². The van der Waals surface area contributed by atoms with Crippen LogP contribution >= 0.6 is 0 Å². The Bertz CT molecular complexity index is 668.